The number of nitrogens with zero attached hydrogens (tertiary/aromatic N) is 2. The van der Waals surface area contributed by atoms with Gasteiger partial charge in [0.05, 0.1) is 10.8 Å². The molecule has 14 rings (SSSR count). The highest BCUT2D eigenvalue weighted by atomic mass is 19.1. The van der Waals surface area contributed by atoms with Crippen LogP contribution in [-0.2, 0) is 10.8 Å². The van der Waals surface area contributed by atoms with Gasteiger partial charge in [0.1, 0.15) is 59.4 Å². The van der Waals surface area contributed by atoms with Crippen LogP contribution < -0.4 is 19.3 Å². The summed E-state index contributed by atoms with van der Waals surface area (Å²) in [5.74, 6) is -1.50. The first-order chi connectivity index (χ1) is 44.8. The molecule has 92 heavy (non-hydrogen) atoms. The van der Waals surface area contributed by atoms with Crippen molar-refractivity contribution in [3.63, 3.8) is 0 Å². The first kappa shape index (κ1) is 58.7. The molecule has 2 atom stereocenters. The van der Waals surface area contributed by atoms with E-state index >= 15 is 17.6 Å². The summed E-state index contributed by atoms with van der Waals surface area (Å²) in [5, 5.41) is 0. The van der Waals surface area contributed by atoms with E-state index in [1.807, 2.05) is 97.1 Å². The summed E-state index contributed by atoms with van der Waals surface area (Å²) in [7, 11) is 0. The minimum atomic E-state index is -0.857. The lowest BCUT2D eigenvalue weighted by Crippen LogP contribution is -2.30. The van der Waals surface area contributed by atoms with Crippen molar-refractivity contribution >= 4 is 34.1 Å². The second kappa shape index (κ2) is 23.8. The Morgan fingerprint density at radius 2 is 0.685 bits per heavy atom. The molecule has 0 fully saturated rings. The van der Waals surface area contributed by atoms with Gasteiger partial charge in [0.25, 0.3) is 0 Å². The zero-order chi connectivity index (χ0) is 63.4. The molecule has 2 unspecified atom stereocenters. The number of aryl methyl sites for hydroxylation is 4. The van der Waals surface area contributed by atoms with Gasteiger partial charge in [-0.15, -0.1) is 0 Å². The summed E-state index contributed by atoms with van der Waals surface area (Å²) < 4.78 is 78.6. The molecular weight excluding hydrogens is 1140 g/mol. The molecule has 8 heteroatoms. The fraction of sp³-hybridized carbons (Fsp3) is 0.0952. The van der Waals surface area contributed by atoms with Crippen LogP contribution in [0.3, 0.4) is 0 Å². The number of ether oxygens (including phenoxy) is 2. The highest BCUT2D eigenvalue weighted by Gasteiger charge is 2.49. The monoisotopic (exact) mass is 1210 g/mol. The van der Waals surface area contributed by atoms with Crippen LogP contribution in [0, 0.1) is 51.0 Å². The van der Waals surface area contributed by atoms with Crippen molar-refractivity contribution in [1.82, 2.24) is 0 Å². The van der Waals surface area contributed by atoms with E-state index in [1.54, 1.807) is 22.0 Å². The molecule has 2 aliphatic rings. The van der Waals surface area contributed by atoms with Crippen LogP contribution in [0.25, 0.3) is 33.4 Å². The van der Waals surface area contributed by atoms with E-state index in [9.17, 15) is 0 Å². The van der Waals surface area contributed by atoms with Gasteiger partial charge in [-0.3, -0.25) is 0 Å². The van der Waals surface area contributed by atoms with Gasteiger partial charge in [0.2, 0.25) is 0 Å². The number of benzene rings is 12. The van der Waals surface area contributed by atoms with Crippen molar-refractivity contribution in [2.45, 2.75) is 38.5 Å². The van der Waals surface area contributed by atoms with Crippen LogP contribution in [-0.4, -0.2) is 13.2 Å². The highest BCUT2D eigenvalue weighted by Crippen LogP contribution is 2.60. The molecule has 12 aromatic rings. The molecule has 4 nitrogen and oxygen atoms in total. The van der Waals surface area contributed by atoms with E-state index in [0.717, 1.165) is 100 Å². The summed E-state index contributed by atoms with van der Waals surface area (Å²) in [4.78, 5) is 3.30. The van der Waals surface area contributed by atoms with Crippen molar-refractivity contribution in [2.75, 3.05) is 23.0 Å². The number of fused-ring (bicyclic) bond motifs is 6. The summed E-state index contributed by atoms with van der Waals surface area (Å²) in [5.41, 5.74) is 18.3. The quantitative estimate of drug-likeness (QED) is 0.0670. The van der Waals surface area contributed by atoms with Crippen LogP contribution in [0.2, 0.25) is 0 Å². The Balaban J connectivity index is 0.880. The van der Waals surface area contributed by atoms with Gasteiger partial charge in [-0.05, 0) is 214 Å². The lowest BCUT2D eigenvalue weighted by atomic mass is 9.66. The average molecular weight is 1210 g/mol. The number of anilines is 6. The molecule has 0 aromatic heterocycles. The fourth-order valence-electron chi connectivity index (χ4n) is 14.3. The van der Waals surface area contributed by atoms with E-state index in [-0.39, 0.29) is 11.4 Å². The lowest BCUT2D eigenvalue weighted by molar-refractivity contribution is 0.363. The van der Waals surface area contributed by atoms with E-state index < -0.39 is 34.1 Å². The van der Waals surface area contributed by atoms with Crippen molar-refractivity contribution in [1.29, 1.82) is 0 Å². The Kier molecular flexibility index (Phi) is 15.2. The maximum absolute atomic E-state index is 16.7. The van der Waals surface area contributed by atoms with Crippen LogP contribution >= 0.6 is 0 Å². The second-order valence-corrected chi connectivity index (χ2v) is 23.8. The first-order valence-electron chi connectivity index (χ1n) is 30.8. The van der Waals surface area contributed by atoms with Crippen molar-refractivity contribution in [3.05, 3.63) is 370 Å². The maximum atomic E-state index is 16.7. The normalized spacial score (nSPS) is 15.0. The van der Waals surface area contributed by atoms with Crippen molar-refractivity contribution in [2.24, 2.45) is 0 Å². The highest BCUT2D eigenvalue weighted by molar-refractivity contribution is 5.92. The number of halogens is 4. The number of para-hydroxylation sites is 2. The minimum absolute atomic E-state index is 0.227. The Labute approximate surface area is 534 Å². The molecular formula is C84H64F4N2O2. The maximum Gasteiger partial charge on any atom is 0.150 e. The van der Waals surface area contributed by atoms with E-state index in [2.05, 4.69) is 162 Å². The van der Waals surface area contributed by atoms with Gasteiger partial charge < -0.3 is 19.3 Å². The van der Waals surface area contributed by atoms with E-state index in [0.29, 0.717) is 47.5 Å². The second-order valence-electron chi connectivity index (χ2n) is 23.8. The van der Waals surface area contributed by atoms with E-state index in [4.69, 9.17) is 9.47 Å². The molecule has 2 aliphatic carbocycles. The van der Waals surface area contributed by atoms with Crippen LogP contribution in [0.15, 0.2) is 280 Å². The third-order valence-electron chi connectivity index (χ3n) is 18.4. The van der Waals surface area contributed by atoms with Gasteiger partial charge in [-0.1, -0.05) is 194 Å². The van der Waals surface area contributed by atoms with Gasteiger partial charge in [-0.25, -0.2) is 17.6 Å². The summed E-state index contributed by atoms with van der Waals surface area (Å²) in [6.07, 6.45) is 3.44. The Morgan fingerprint density at radius 3 is 1.05 bits per heavy atom. The zero-order valence-electron chi connectivity index (χ0n) is 51.5. The smallest absolute Gasteiger partial charge is 0.150 e. The molecule has 0 amide bonds. The molecule has 12 aromatic carbocycles. The summed E-state index contributed by atoms with van der Waals surface area (Å²) in [6, 6.07) is 81.5. The fourth-order valence-corrected chi connectivity index (χ4v) is 14.3. The summed E-state index contributed by atoms with van der Waals surface area (Å²) in [6.45, 7) is 16.8. The van der Waals surface area contributed by atoms with Crippen molar-refractivity contribution in [3.8, 4) is 44.9 Å². The number of hydrogen-bond donors (Lipinski definition) is 0. The molecule has 0 saturated carbocycles. The van der Waals surface area contributed by atoms with Gasteiger partial charge >= 0.3 is 0 Å². The molecule has 0 spiro atoms. The third kappa shape index (κ3) is 9.68. The van der Waals surface area contributed by atoms with Crippen LogP contribution in [0.4, 0.5) is 51.7 Å². The zero-order valence-corrected chi connectivity index (χ0v) is 51.5. The molecule has 0 heterocycles. The minimum Gasteiger partial charge on any atom is -0.490 e. The molecule has 0 N–H and O–H groups in total. The van der Waals surface area contributed by atoms with Gasteiger partial charge in [0, 0.05) is 22.7 Å². The van der Waals surface area contributed by atoms with Gasteiger partial charge in [-0.2, -0.15) is 0 Å². The molecule has 0 bridgehead atoms. The Hall–Kier alpha value is -11.0. The lowest BCUT2D eigenvalue weighted by Gasteiger charge is -2.36. The molecule has 0 radical (unpaired) electrons. The predicted molar refractivity (Wildman–Crippen MR) is 366 cm³/mol. The number of hydrogen-bond acceptors (Lipinski definition) is 4. The molecule has 0 saturated heterocycles. The van der Waals surface area contributed by atoms with Crippen molar-refractivity contribution < 1.29 is 27.0 Å². The first-order valence-corrected chi connectivity index (χ1v) is 30.8. The molecule has 450 valence electrons. The van der Waals surface area contributed by atoms with Gasteiger partial charge in [0.15, 0.2) is 0 Å². The topological polar surface area (TPSA) is 24.9 Å². The third-order valence-corrected chi connectivity index (χ3v) is 18.4. The largest absolute Gasteiger partial charge is 0.490 e. The van der Waals surface area contributed by atoms with Crippen LogP contribution in [0.5, 0.6) is 11.5 Å². The average Bonchev–Trinajstić information content (AvgIpc) is 1.52. The number of rotatable bonds is 17. The Morgan fingerprint density at radius 1 is 0.337 bits per heavy atom. The van der Waals surface area contributed by atoms with Crippen LogP contribution in [0.1, 0.15) is 66.8 Å². The summed E-state index contributed by atoms with van der Waals surface area (Å²) >= 11 is 0. The SMILES string of the molecule is C=CCOc1ccc(C2(c3cc(C)ccc3C)c3ccccc3-c3ccc(N(c4ccc(-c5ccc(N(c6ccc7c(c6)C(c6ccc(OCC=C)cc6)(c6cc(C)ccc6C)c6ccccc6-7)c6c(F)cccc6F)cc5)cc4)c4c(F)cccc4F)cc32)cc1. The Bertz CT molecular complexity index is 4500. The predicted octanol–water partition coefficient (Wildman–Crippen LogP) is 21.9. The standard InChI is InChI=1S/C84H64F4N2O2/c1-7-47-91-65-41-31-59(32-42-65)83(73-49-53(3)23-25-55(73)5)71-17-11-9-15-67(71)69-45-39-63(51-75(69)83)89(81-77(85)19-13-20-78(81)86)61-35-27-57(28-36-61)58-29-37-62(38-30-58)90(82-79(87)21-14-22-80(82)88)64-40-46-70-68-16-10-12-18-72(68)84(76(70)52-64,74-50-54(4)24-26-56(74)6)60-33-43-66(44-34-60)92-48-8-2/h7-46,49-52H,1-2,47-48H2,3-6H3. The van der Waals surface area contributed by atoms with E-state index in [1.165, 1.54) is 36.4 Å². The molecule has 0 aliphatic heterocycles.